The number of carbonyl (C=O) groups excluding carboxylic acids is 2. The molecule has 48 heavy (non-hydrogen) atoms. The van der Waals surface area contributed by atoms with E-state index in [1.807, 2.05) is 36.5 Å². The average Bonchev–Trinajstić information content (AvgIpc) is 3.08. The molecule has 6 heteroatoms. The van der Waals surface area contributed by atoms with Crippen molar-refractivity contribution in [1.82, 2.24) is 0 Å². The Morgan fingerprint density at radius 1 is 0.542 bits per heavy atom. The van der Waals surface area contributed by atoms with Crippen LogP contribution in [-0.4, -0.2) is 47.6 Å². The smallest absolute Gasteiger partial charge is 0.306 e. The van der Waals surface area contributed by atoms with Crippen molar-refractivity contribution < 1.29 is 29.3 Å². The molecule has 0 aromatic carbocycles. The van der Waals surface area contributed by atoms with Crippen molar-refractivity contribution in [3.8, 4) is 0 Å². The molecule has 0 spiro atoms. The van der Waals surface area contributed by atoms with E-state index in [0.717, 1.165) is 44.9 Å². The predicted octanol–water partition coefficient (Wildman–Crippen LogP) is 10.8. The minimum atomic E-state index is -1.01. The number of carbonyl (C=O) groups is 2. The molecule has 0 aromatic heterocycles. The van der Waals surface area contributed by atoms with Crippen LogP contribution in [0.5, 0.6) is 0 Å². The summed E-state index contributed by atoms with van der Waals surface area (Å²) in [6.45, 7) is 4.04. The number of esters is 2. The molecule has 0 aliphatic carbocycles. The summed E-state index contributed by atoms with van der Waals surface area (Å²) in [4.78, 5) is 23.9. The van der Waals surface area contributed by atoms with E-state index < -0.39 is 12.2 Å². The normalized spacial score (nSPS) is 13.7. The largest absolute Gasteiger partial charge is 0.463 e. The van der Waals surface area contributed by atoms with Gasteiger partial charge in [-0.2, -0.15) is 0 Å². The lowest BCUT2D eigenvalue weighted by Gasteiger charge is -2.12. The molecule has 0 fully saturated rings. The molecule has 0 radical (unpaired) electrons. The van der Waals surface area contributed by atoms with E-state index >= 15 is 0 Å². The second-order valence-corrected chi connectivity index (χ2v) is 12.5. The Hall–Kier alpha value is -2.70. The highest BCUT2D eigenvalue weighted by molar-refractivity contribution is 5.70. The van der Waals surface area contributed by atoms with Crippen LogP contribution in [0, 0.1) is 0 Å². The van der Waals surface area contributed by atoms with Crippen molar-refractivity contribution in [3.63, 3.8) is 0 Å². The van der Waals surface area contributed by atoms with Gasteiger partial charge in [0.1, 0.15) is 19.3 Å². The Morgan fingerprint density at radius 3 is 1.60 bits per heavy atom. The Kier molecular flexibility index (Phi) is 35.0. The van der Waals surface area contributed by atoms with Gasteiger partial charge in [-0.25, -0.2) is 0 Å². The first kappa shape index (κ1) is 45.3. The van der Waals surface area contributed by atoms with Crippen molar-refractivity contribution in [1.29, 1.82) is 0 Å². The van der Waals surface area contributed by atoms with Crippen LogP contribution < -0.4 is 0 Å². The molecule has 0 rings (SSSR count). The number of aliphatic hydroxyl groups is 2. The van der Waals surface area contributed by atoms with Gasteiger partial charge < -0.3 is 19.7 Å². The average molecular weight is 671 g/mol. The fourth-order valence-corrected chi connectivity index (χ4v) is 4.90. The fraction of sp³-hybridized carbons (Fsp3) is 0.667. The summed E-state index contributed by atoms with van der Waals surface area (Å²) in [6, 6.07) is 0. The number of unbranched alkanes of at least 4 members (excludes halogenated alkanes) is 13. The third kappa shape index (κ3) is 36.1. The molecular weight excluding hydrogens is 600 g/mol. The summed E-state index contributed by atoms with van der Waals surface area (Å²) in [5, 5.41) is 19.9. The maximum atomic E-state index is 11.9. The van der Waals surface area contributed by atoms with E-state index in [-0.39, 0.29) is 31.6 Å². The molecule has 0 bridgehead atoms. The monoisotopic (exact) mass is 671 g/mol. The Labute approximate surface area is 294 Å². The van der Waals surface area contributed by atoms with Gasteiger partial charge in [0.15, 0.2) is 0 Å². The Balaban J connectivity index is 3.66. The lowest BCUT2D eigenvalue weighted by molar-refractivity contribution is -0.152. The molecule has 0 aromatic rings. The number of allylic oxidation sites excluding steroid dienone is 10. The summed E-state index contributed by atoms with van der Waals surface area (Å²) in [6.07, 6.45) is 45.6. The maximum Gasteiger partial charge on any atom is 0.306 e. The number of hydrogen-bond acceptors (Lipinski definition) is 6. The van der Waals surface area contributed by atoms with Crippen LogP contribution in [0.4, 0.5) is 0 Å². The SMILES string of the molecule is CC/C=C\C/C=C\CC(O)/C=C/C=C\C/C=C\C/C=C\CCC(=O)OC[C@H](O)COC(=O)CCCCCCCCCCCCCCCC. The molecule has 0 aliphatic heterocycles. The molecular formula is C42H70O6. The van der Waals surface area contributed by atoms with Crippen molar-refractivity contribution in [3.05, 3.63) is 72.9 Å². The zero-order chi connectivity index (χ0) is 35.2. The van der Waals surface area contributed by atoms with Gasteiger partial charge in [0, 0.05) is 12.8 Å². The third-order valence-electron chi connectivity index (χ3n) is 7.80. The maximum absolute atomic E-state index is 11.9. The zero-order valence-corrected chi connectivity index (χ0v) is 30.6. The van der Waals surface area contributed by atoms with E-state index in [1.165, 1.54) is 70.6 Å². The van der Waals surface area contributed by atoms with E-state index in [0.29, 0.717) is 19.3 Å². The lowest BCUT2D eigenvalue weighted by Crippen LogP contribution is -2.25. The van der Waals surface area contributed by atoms with E-state index in [9.17, 15) is 19.8 Å². The van der Waals surface area contributed by atoms with E-state index in [4.69, 9.17) is 9.47 Å². The summed E-state index contributed by atoms with van der Waals surface area (Å²) in [7, 11) is 0. The second-order valence-electron chi connectivity index (χ2n) is 12.5. The first-order valence-electron chi connectivity index (χ1n) is 19.1. The highest BCUT2D eigenvalue weighted by Gasteiger charge is 2.11. The summed E-state index contributed by atoms with van der Waals surface area (Å²) >= 11 is 0. The molecule has 0 aliphatic rings. The van der Waals surface area contributed by atoms with Crippen molar-refractivity contribution in [2.24, 2.45) is 0 Å². The Morgan fingerprint density at radius 2 is 1.02 bits per heavy atom. The number of ether oxygens (including phenoxy) is 2. The molecule has 6 nitrogen and oxygen atoms in total. The van der Waals surface area contributed by atoms with Gasteiger partial charge in [0.25, 0.3) is 0 Å². The van der Waals surface area contributed by atoms with Crippen LogP contribution in [0.2, 0.25) is 0 Å². The molecule has 2 atom stereocenters. The van der Waals surface area contributed by atoms with Gasteiger partial charge >= 0.3 is 11.9 Å². The first-order chi connectivity index (χ1) is 23.5. The summed E-state index contributed by atoms with van der Waals surface area (Å²) < 4.78 is 10.2. The number of hydrogen-bond donors (Lipinski definition) is 2. The predicted molar refractivity (Wildman–Crippen MR) is 202 cm³/mol. The van der Waals surface area contributed by atoms with Gasteiger partial charge in [-0.15, -0.1) is 0 Å². The third-order valence-corrected chi connectivity index (χ3v) is 7.80. The highest BCUT2D eigenvalue weighted by atomic mass is 16.6. The number of aliphatic hydroxyl groups excluding tert-OH is 2. The quantitative estimate of drug-likeness (QED) is 0.0312. The van der Waals surface area contributed by atoms with Crippen molar-refractivity contribution in [2.45, 2.75) is 167 Å². The fourth-order valence-electron chi connectivity index (χ4n) is 4.90. The van der Waals surface area contributed by atoms with Crippen LogP contribution >= 0.6 is 0 Å². The zero-order valence-electron chi connectivity index (χ0n) is 30.6. The molecule has 0 saturated heterocycles. The number of rotatable bonds is 33. The molecule has 0 heterocycles. The van der Waals surface area contributed by atoms with Crippen molar-refractivity contribution >= 4 is 11.9 Å². The topological polar surface area (TPSA) is 93.1 Å². The summed E-state index contributed by atoms with van der Waals surface area (Å²) in [5.41, 5.74) is 0. The minimum absolute atomic E-state index is 0.153. The van der Waals surface area contributed by atoms with Crippen LogP contribution in [0.1, 0.15) is 155 Å². The van der Waals surface area contributed by atoms with Gasteiger partial charge in [-0.1, -0.05) is 170 Å². The molecule has 1 unspecified atom stereocenters. The van der Waals surface area contributed by atoms with E-state index in [2.05, 4.69) is 44.2 Å². The van der Waals surface area contributed by atoms with Gasteiger partial charge in [-0.3, -0.25) is 9.59 Å². The molecule has 274 valence electrons. The van der Waals surface area contributed by atoms with Gasteiger partial charge in [-0.05, 0) is 44.9 Å². The minimum Gasteiger partial charge on any atom is -0.463 e. The molecule has 0 amide bonds. The van der Waals surface area contributed by atoms with Crippen LogP contribution in [0.3, 0.4) is 0 Å². The van der Waals surface area contributed by atoms with Crippen LogP contribution in [0.15, 0.2) is 72.9 Å². The molecule has 2 N–H and O–H groups in total. The summed E-state index contributed by atoms with van der Waals surface area (Å²) in [5.74, 6) is -0.692. The van der Waals surface area contributed by atoms with Gasteiger partial charge in [0.2, 0.25) is 0 Å². The Bertz CT molecular complexity index is 913. The van der Waals surface area contributed by atoms with Crippen molar-refractivity contribution in [2.75, 3.05) is 13.2 Å². The van der Waals surface area contributed by atoms with Crippen LogP contribution in [-0.2, 0) is 19.1 Å². The standard InChI is InChI=1S/C42H70O6/c1-3-5-7-9-11-12-13-14-15-16-20-23-27-31-35-41(45)47-37-40(44)38-48-42(46)36-32-28-24-21-18-17-19-22-26-30-34-39(43)33-29-25-10-8-6-4-2/h6,8,17-18,22,24-26,28-30,34,39-40,43-44H,3-5,7,9-16,19-21,23,27,31-33,35-38H2,1-2H3/b8-6-,18-17-,26-22-,28-24-,29-25-,34-30+/t39?,40-/m1/s1. The molecule has 0 saturated carbocycles. The lowest BCUT2D eigenvalue weighted by atomic mass is 10.0. The highest BCUT2D eigenvalue weighted by Crippen LogP contribution is 2.13. The first-order valence-corrected chi connectivity index (χ1v) is 19.1. The van der Waals surface area contributed by atoms with Gasteiger partial charge in [0.05, 0.1) is 6.10 Å². The second kappa shape index (κ2) is 37.1. The van der Waals surface area contributed by atoms with E-state index in [1.54, 1.807) is 6.08 Å². The van der Waals surface area contributed by atoms with Crippen LogP contribution in [0.25, 0.3) is 0 Å².